The van der Waals surface area contributed by atoms with Gasteiger partial charge >= 0.3 is 5.97 Å². The van der Waals surface area contributed by atoms with E-state index in [-0.39, 0.29) is 18.2 Å². The van der Waals surface area contributed by atoms with Crippen molar-refractivity contribution in [2.45, 2.75) is 40.0 Å². The molecule has 2 rings (SSSR count). The van der Waals surface area contributed by atoms with Crippen molar-refractivity contribution in [3.63, 3.8) is 0 Å². The van der Waals surface area contributed by atoms with Crippen LogP contribution >= 0.6 is 0 Å². The summed E-state index contributed by atoms with van der Waals surface area (Å²) < 4.78 is 0. The number of aliphatic carboxylic acids is 1. The van der Waals surface area contributed by atoms with E-state index in [4.69, 9.17) is 0 Å². The van der Waals surface area contributed by atoms with Crippen LogP contribution in [0.1, 0.15) is 40.0 Å². The van der Waals surface area contributed by atoms with E-state index in [2.05, 4.69) is 4.90 Å². The number of amides is 1. The number of carbonyl (C=O) groups is 2. The molecule has 5 nitrogen and oxygen atoms in total. The van der Waals surface area contributed by atoms with Gasteiger partial charge in [0, 0.05) is 39.1 Å². The number of nitrogens with zero attached hydrogens (tertiary/aromatic N) is 2. The van der Waals surface area contributed by atoms with Crippen molar-refractivity contribution < 1.29 is 14.7 Å². The Bertz CT molecular complexity index is 398. The maximum atomic E-state index is 12.4. The van der Waals surface area contributed by atoms with Gasteiger partial charge in [-0.05, 0) is 31.6 Å². The quantitative estimate of drug-likeness (QED) is 0.810. The van der Waals surface area contributed by atoms with Crippen molar-refractivity contribution in [2.24, 2.45) is 17.3 Å². The Hall–Kier alpha value is -1.10. The minimum atomic E-state index is -0.970. The van der Waals surface area contributed by atoms with Crippen molar-refractivity contribution in [2.75, 3.05) is 32.7 Å². The van der Waals surface area contributed by atoms with E-state index >= 15 is 0 Å². The summed E-state index contributed by atoms with van der Waals surface area (Å²) in [5, 5.41) is 9.42. The van der Waals surface area contributed by atoms with E-state index in [0.717, 1.165) is 32.1 Å². The first-order chi connectivity index (χ1) is 9.83. The molecule has 1 saturated carbocycles. The average Bonchev–Trinajstić information content (AvgIpc) is 3.22. The third-order valence-corrected chi connectivity index (χ3v) is 5.22. The smallest absolute Gasteiger partial charge is 0.310 e. The summed E-state index contributed by atoms with van der Waals surface area (Å²) in [5.41, 5.74) is -0.970. The van der Waals surface area contributed by atoms with Gasteiger partial charge in [0.1, 0.15) is 0 Å². The first-order valence-corrected chi connectivity index (χ1v) is 8.06. The van der Waals surface area contributed by atoms with Crippen LogP contribution in [0.5, 0.6) is 0 Å². The summed E-state index contributed by atoms with van der Waals surface area (Å²) >= 11 is 0. The van der Waals surface area contributed by atoms with Gasteiger partial charge < -0.3 is 10.0 Å². The molecule has 1 aliphatic heterocycles. The van der Waals surface area contributed by atoms with Gasteiger partial charge in [-0.2, -0.15) is 0 Å². The summed E-state index contributed by atoms with van der Waals surface area (Å²) in [6.45, 7) is 9.91. The van der Waals surface area contributed by atoms with Crippen LogP contribution < -0.4 is 0 Å². The van der Waals surface area contributed by atoms with Crippen LogP contribution in [0.3, 0.4) is 0 Å². The number of carboxylic acids is 1. The van der Waals surface area contributed by atoms with E-state index < -0.39 is 11.4 Å². The largest absolute Gasteiger partial charge is 0.481 e. The highest BCUT2D eigenvalue weighted by Crippen LogP contribution is 2.33. The molecule has 1 N–H and O–H groups in total. The Morgan fingerprint density at radius 1 is 1.19 bits per heavy atom. The second-order valence-electron chi connectivity index (χ2n) is 7.18. The first-order valence-electron chi connectivity index (χ1n) is 8.06. The molecule has 5 heteroatoms. The van der Waals surface area contributed by atoms with Gasteiger partial charge in [0.2, 0.25) is 5.91 Å². The van der Waals surface area contributed by atoms with Crippen LogP contribution in [0.2, 0.25) is 0 Å². The molecule has 0 aromatic carbocycles. The highest BCUT2D eigenvalue weighted by molar-refractivity contribution is 5.85. The van der Waals surface area contributed by atoms with E-state index in [1.54, 1.807) is 6.92 Å². The fourth-order valence-corrected chi connectivity index (χ4v) is 2.80. The third-order valence-electron chi connectivity index (χ3n) is 5.22. The predicted molar refractivity (Wildman–Crippen MR) is 80.9 cm³/mol. The first kappa shape index (κ1) is 16.3. The van der Waals surface area contributed by atoms with E-state index in [9.17, 15) is 14.7 Å². The molecule has 1 aliphatic carbocycles. The number of carbonyl (C=O) groups excluding carboxylic acids is 1. The number of rotatable bonds is 6. The highest BCUT2D eigenvalue weighted by atomic mass is 16.4. The lowest BCUT2D eigenvalue weighted by Gasteiger charge is -2.37. The lowest BCUT2D eigenvalue weighted by molar-refractivity contribution is -0.156. The topological polar surface area (TPSA) is 60.9 Å². The fourth-order valence-electron chi connectivity index (χ4n) is 2.80. The van der Waals surface area contributed by atoms with Crippen LogP contribution in [0.25, 0.3) is 0 Å². The van der Waals surface area contributed by atoms with Crippen molar-refractivity contribution in [1.82, 2.24) is 9.80 Å². The van der Waals surface area contributed by atoms with Gasteiger partial charge in [-0.3, -0.25) is 14.5 Å². The third kappa shape index (κ3) is 3.96. The summed E-state index contributed by atoms with van der Waals surface area (Å²) in [5.74, 6) is -0.0727. The van der Waals surface area contributed by atoms with Crippen LogP contribution in [-0.4, -0.2) is 59.5 Å². The highest BCUT2D eigenvalue weighted by Gasteiger charge is 2.40. The standard InChI is InChI=1S/C16H28N2O3/c1-12(2)16(3,15(20)21)10-14(19)18-8-6-17(7-9-18)11-13-4-5-13/h12-13H,4-11H2,1-3H3,(H,20,21). The molecule has 0 spiro atoms. The zero-order valence-electron chi connectivity index (χ0n) is 13.5. The molecule has 0 radical (unpaired) electrons. The van der Waals surface area contributed by atoms with Crippen molar-refractivity contribution in [3.8, 4) is 0 Å². The molecule has 0 aromatic rings. The number of carboxylic acid groups (broad SMARTS) is 1. The van der Waals surface area contributed by atoms with Gasteiger partial charge in [-0.1, -0.05) is 13.8 Å². The molecule has 0 aromatic heterocycles. The number of hydrogen-bond donors (Lipinski definition) is 1. The molecular formula is C16H28N2O3. The Morgan fingerprint density at radius 3 is 2.19 bits per heavy atom. The Balaban J connectivity index is 1.84. The molecule has 1 atom stereocenters. The van der Waals surface area contributed by atoms with Crippen LogP contribution in [0, 0.1) is 17.3 Å². The number of piperazine rings is 1. The summed E-state index contributed by atoms with van der Waals surface area (Å²) in [7, 11) is 0. The van der Waals surface area contributed by atoms with E-state index in [1.807, 2.05) is 18.7 Å². The lowest BCUT2D eigenvalue weighted by atomic mass is 9.76. The molecule has 2 fully saturated rings. The van der Waals surface area contributed by atoms with Gasteiger partial charge in [0.15, 0.2) is 0 Å². The maximum Gasteiger partial charge on any atom is 0.310 e. The molecule has 1 unspecified atom stereocenters. The fraction of sp³-hybridized carbons (Fsp3) is 0.875. The molecule has 1 heterocycles. The normalized spacial score (nSPS) is 23.1. The SMILES string of the molecule is CC(C)C(C)(CC(=O)N1CCN(CC2CC2)CC1)C(=O)O. The Morgan fingerprint density at radius 2 is 1.76 bits per heavy atom. The predicted octanol–water partition coefficient (Wildman–Crippen LogP) is 1.68. The van der Waals surface area contributed by atoms with E-state index in [0.29, 0.717) is 0 Å². The lowest BCUT2D eigenvalue weighted by Crippen LogP contribution is -2.50. The second kappa shape index (κ2) is 6.34. The summed E-state index contributed by atoms with van der Waals surface area (Å²) in [4.78, 5) is 28.2. The van der Waals surface area contributed by atoms with Crippen LogP contribution in [0.15, 0.2) is 0 Å². The van der Waals surface area contributed by atoms with Crippen molar-refractivity contribution in [1.29, 1.82) is 0 Å². The average molecular weight is 296 g/mol. The molecule has 1 saturated heterocycles. The zero-order valence-corrected chi connectivity index (χ0v) is 13.5. The molecular weight excluding hydrogens is 268 g/mol. The van der Waals surface area contributed by atoms with Crippen LogP contribution in [-0.2, 0) is 9.59 Å². The van der Waals surface area contributed by atoms with Crippen LogP contribution in [0.4, 0.5) is 0 Å². The summed E-state index contributed by atoms with van der Waals surface area (Å²) in [6.07, 6.45) is 2.80. The monoisotopic (exact) mass is 296 g/mol. The molecule has 120 valence electrons. The van der Waals surface area contributed by atoms with Crippen molar-refractivity contribution >= 4 is 11.9 Å². The molecule has 2 aliphatic rings. The Kier molecular flexibility index (Phi) is 4.91. The van der Waals surface area contributed by atoms with Crippen molar-refractivity contribution in [3.05, 3.63) is 0 Å². The van der Waals surface area contributed by atoms with E-state index in [1.165, 1.54) is 19.4 Å². The summed E-state index contributed by atoms with van der Waals surface area (Å²) in [6, 6.07) is 0. The minimum Gasteiger partial charge on any atom is -0.481 e. The van der Waals surface area contributed by atoms with Gasteiger partial charge in [0.25, 0.3) is 0 Å². The molecule has 0 bridgehead atoms. The molecule has 1 amide bonds. The van der Waals surface area contributed by atoms with Gasteiger partial charge in [-0.25, -0.2) is 0 Å². The minimum absolute atomic E-state index is 0.0142. The van der Waals surface area contributed by atoms with Gasteiger partial charge in [-0.15, -0.1) is 0 Å². The maximum absolute atomic E-state index is 12.4. The molecule has 21 heavy (non-hydrogen) atoms. The second-order valence-corrected chi connectivity index (χ2v) is 7.18. The number of hydrogen-bond acceptors (Lipinski definition) is 3. The van der Waals surface area contributed by atoms with Gasteiger partial charge in [0.05, 0.1) is 5.41 Å². The Labute approximate surface area is 127 Å². The zero-order chi connectivity index (χ0) is 15.6.